The summed E-state index contributed by atoms with van der Waals surface area (Å²) >= 11 is 1.73. The maximum absolute atomic E-state index is 5.81. The van der Waals surface area contributed by atoms with Gasteiger partial charge in [0.2, 0.25) is 0 Å². The Balaban J connectivity index is 2.00. The first-order valence-corrected chi connectivity index (χ1v) is 6.45. The van der Waals surface area contributed by atoms with Gasteiger partial charge in [-0.2, -0.15) is 0 Å². The molecule has 6 heteroatoms. The number of imidazole rings is 1. The molecule has 0 aliphatic heterocycles. The Morgan fingerprint density at radius 1 is 1.50 bits per heavy atom. The molecule has 5 nitrogen and oxygen atoms in total. The molecule has 3 heterocycles. The molecule has 0 atom stereocenters. The number of nitrogen functional groups attached to an aromatic ring is 1. The predicted molar refractivity (Wildman–Crippen MR) is 73.8 cm³/mol. The third kappa shape index (κ3) is 1.91. The van der Waals surface area contributed by atoms with Crippen LogP contribution in [0.3, 0.4) is 0 Å². The molecule has 0 saturated heterocycles. The molecule has 92 valence electrons. The lowest BCUT2D eigenvalue weighted by atomic mass is 10.4. The SMILES string of the molecule is CN(Cc1cccs1)c1nc(N)cn2ccnc12. The van der Waals surface area contributed by atoms with Crippen molar-refractivity contribution in [1.82, 2.24) is 14.4 Å². The standard InChI is InChI=1S/C12H13N5S/c1-16(7-9-3-2-6-18-9)12-11-14-4-5-17(11)8-10(13)15-12/h2-6,8H,7,13H2,1H3. The minimum atomic E-state index is 0.494. The number of rotatable bonds is 3. The van der Waals surface area contributed by atoms with E-state index in [2.05, 4.69) is 26.3 Å². The molecule has 0 aromatic carbocycles. The van der Waals surface area contributed by atoms with Crippen LogP contribution in [0.4, 0.5) is 11.6 Å². The van der Waals surface area contributed by atoms with Crippen LogP contribution in [0.5, 0.6) is 0 Å². The lowest BCUT2D eigenvalue weighted by Crippen LogP contribution is -2.18. The van der Waals surface area contributed by atoms with Crippen molar-refractivity contribution >= 4 is 28.6 Å². The Labute approximate surface area is 109 Å². The highest BCUT2D eigenvalue weighted by Gasteiger charge is 2.11. The van der Waals surface area contributed by atoms with E-state index >= 15 is 0 Å². The molecule has 0 aliphatic rings. The van der Waals surface area contributed by atoms with Gasteiger partial charge in [0.05, 0.1) is 12.7 Å². The van der Waals surface area contributed by atoms with Crippen LogP contribution in [0.1, 0.15) is 4.88 Å². The first kappa shape index (κ1) is 11.0. The highest BCUT2D eigenvalue weighted by molar-refractivity contribution is 7.09. The molecule has 0 bridgehead atoms. The van der Waals surface area contributed by atoms with Crippen molar-refractivity contribution < 1.29 is 0 Å². The summed E-state index contributed by atoms with van der Waals surface area (Å²) in [5.74, 6) is 1.29. The van der Waals surface area contributed by atoms with E-state index in [0.717, 1.165) is 18.0 Å². The number of thiophene rings is 1. The van der Waals surface area contributed by atoms with Crippen LogP contribution in [0, 0.1) is 0 Å². The van der Waals surface area contributed by atoms with Crippen LogP contribution in [-0.2, 0) is 6.54 Å². The summed E-state index contributed by atoms with van der Waals surface area (Å²) in [4.78, 5) is 12.0. The van der Waals surface area contributed by atoms with Crippen LogP contribution in [-0.4, -0.2) is 21.4 Å². The van der Waals surface area contributed by atoms with Gasteiger partial charge in [-0.15, -0.1) is 11.3 Å². The zero-order valence-electron chi connectivity index (χ0n) is 9.95. The smallest absolute Gasteiger partial charge is 0.180 e. The van der Waals surface area contributed by atoms with E-state index in [9.17, 15) is 0 Å². The Morgan fingerprint density at radius 3 is 3.17 bits per heavy atom. The van der Waals surface area contributed by atoms with Gasteiger partial charge in [-0.3, -0.25) is 0 Å². The lowest BCUT2D eigenvalue weighted by molar-refractivity contribution is 0.907. The molecule has 0 radical (unpaired) electrons. The maximum Gasteiger partial charge on any atom is 0.180 e. The Kier molecular flexibility index (Phi) is 2.64. The van der Waals surface area contributed by atoms with Gasteiger partial charge in [0, 0.05) is 24.3 Å². The number of anilines is 2. The van der Waals surface area contributed by atoms with E-state index in [-0.39, 0.29) is 0 Å². The zero-order chi connectivity index (χ0) is 12.5. The summed E-state index contributed by atoms with van der Waals surface area (Å²) in [6.45, 7) is 0.802. The quantitative estimate of drug-likeness (QED) is 0.781. The predicted octanol–water partition coefficient (Wildman–Crippen LogP) is 2.01. The third-order valence-electron chi connectivity index (χ3n) is 2.71. The van der Waals surface area contributed by atoms with Gasteiger partial charge in [-0.25, -0.2) is 9.97 Å². The maximum atomic E-state index is 5.81. The molecular formula is C12H13N5S. The number of aromatic nitrogens is 3. The molecule has 3 aromatic heterocycles. The highest BCUT2D eigenvalue weighted by atomic mass is 32.1. The van der Waals surface area contributed by atoms with Crippen molar-refractivity contribution in [3.63, 3.8) is 0 Å². The summed E-state index contributed by atoms with van der Waals surface area (Å²) in [7, 11) is 2.00. The second-order valence-electron chi connectivity index (χ2n) is 4.08. The Hall–Kier alpha value is -2.08. The number of hydrogen-bond donors (Lipinski definition) is 1. The van der Waals surface area contributed by atoms with Crippen LogP contribution in [0.2, 0.25) is 0 Å². The fraction of sp³-hybridized carbons (Fsp3) is 0.167. The van der Waals surface area contributed by atoms with Crippen LogP contribution >= 0.6 is 11.3 Å². The van der Waals surface area contributed by atoms with E-state index in [0.29, 0.717) is 5.82 Å². The van der Waals surface area contributed by atoms with Gasteiger partial charge < -0.3 is 15.0 Å². The second kappa shape index (κ2) is 4.30. The Morgan fingerprint density at radius 2 is 2.39 bits per heavy atom. The molecule has 0 spiro atoms. The van der Waals surface area contributed by atoms with E-state index in [1.165, 1.54) is 4.88 Å². The van der Waals surface area contributed by atoms with Crippen molar-refractivity contribution in [2.75, 3.05) is 17.7 Å². The minimum absolute atomic E-state index is 0.494. The molecule has 18 heavy (non-hydrogen) atoms. The summed E-state index contributed by atoms with van der Waals surface area (Å²) < 4.78 is 1.89. The van der Waals surface area contributed by atoms with Gasteiger partial charge in [-0.05, 0) is 11.4 Å². The molecule has 3 aromatic rings. The molecule has 0 fully saturated rings. The minimum Gasteiger partial charge on any atom is -0.382 e. The zero-order valence-corrected chi connectivity index (χ0v) is 10.8. The molecule has 0 saturated carbocycles. The topological polar surface area (TPSA) is 59.5 Å². The first-order valence-electron chi connectivity index (χ1n) is 5.57. The van der Waals surface area contributed by atoms with Crippen molar-refractivity contribution in [2.24, 2.45) is 0 Å². The normalized spacial score (nSPS) is 10.9. The summed E-state index contributed by atoms with van der Waals surface area (Å²) in [5.41, 5.74) is 6.63. The average Bonchev–Trinajstić information content (AvgIpc) is 2.97. The average molecular weight is 259 g/mol. The number of nitrogens with zero attached hydrogens (tertiary/aromatic N) is 4. The van der Waals surface area contributed by atoms with Crippen LogP contribution < -0.4 is 10.6 Å². The molecule has 0 unspecified atom stereocenters. The van der Waals surface area contributed by atoms with E-state index in [1.807, 2.05) is 23.7 Å². The van der Waals surface area contributed by atoms with E-state index in [4.69, 9.17) is 5.73 Å². The van der Waals surface area contributed by atoms with Crippen LogP contribution in [0.25, 0.3) is 5.65 Å². The molecule has 0 amide bonds. The number of nitrogens with two attached hydrogens (primary N) is 1. The second-order valence-corrected chi connectivity index (χ2v) is 5.12. The molecule has 0 aliphatic carbocycles. The molecule has 2 N–H and O–H groups in total. The fourth-order valence-corrected chi connectivity index (χ4v) is 2.66. The molecular weight excluding hydrogens is 246 g/mol. The summed E-state index contributed by atoms with van der Waals surface area (Å²) in [5, 5.41) is 2.07. The van der Waals surface area contributed by atoms with Gasteiger partial charge in [-0.1, -0.05) is 6.07 Å². The van der Waals surface area contributed by atoms with Crippen molar-refractivity contribution in [3.8, 4) is 0 Å². The first-order chi connectivity index (χ1) is 8.74. The highest BCUT2D eigenvalue weighted by Crippen LogP contribution is 2.21. The lowest BCUT2D eigenvalue weighted by Gasteiger charge is -2.18. The van der Waals surface area contributed by atoms with E-state index in [1.54, 1.807) is 23.7 Å². The summed E-state index contributed by atoms with van der Waals surface area (Å²) in [6.07, 6.45) is 5.39. The van der Waals surface area contributed by atoms with Crippen molar-refractivity contribution in [1.29, 1.82) is 0 Å². The fourth-order valence-electron chi connectivity index (χ4n) is 1.90. The van der Waals surface area contributed by atoms with E-state index < -0.39 is 0 Å². The largest absolute Gasteiger partial charge is 0.382 e. The van der Waals surface area contributed by atoms with Gasteiger partial charge in [0.15, 0.2) is 11.5 Å². The van der Waals surface area contributed by atoms with Gasteiger partial charge in [0.25, 0.3) is 0 Å². The van der Waals surface area contributed by atoms with Crippen LogP contribution in [0.15, 0.2) is 36.1 Å². The summed E-state index contributed by atoms with van der Waals surface area (Å²) in [6, 6.07) is 4.15. The van der Waals surface area contributed by atoms with Crippen molar-refractivity contribution in [2.45, 2.75) is 6.54 Å². The van der Waals surface area contributed by atoms with Crippen molar-refractivity contribution in [3.05, 3.63) is 41.0 Å². The third-order valence-corrected chi connectivity index (χ3v) is 3.57. The monoisotopic (exact) mass is 259 g/mol. The van der Waals surface area contributed by atoms with Gasteiger partial charge in [0.1, 0.15) is 5.82 Å². The van der Waals surface area contributed by atoms with Gasteiger partial charge >= 0.3 is 0 Å². The Bertz CT molecular complexity index is 658. The molecule has 3 rings (SSSR count). The number of hydrogen-bond acceptors (Lipinski definition) is 5. The number of fused-ring (bicyclic) bond motifs is 1.